The molecule has 2 amide bonds. The third-order valence-corrected chi connectivity index (χ3v) is 4.52. The molecular weight excluding hydrogens is 501 g/mol. The number of hydrogen-bond acceptors (Lipinski definition) is 6. The van der Waals surface area contributed by atoms with Crippen LogP contribution in [0.15, 0.2) is 42.0 Å². The van der Waals surface area contributed by atoms with Crippen molar-refractivity contribution in [2.24, 2.45) is 5.73 Å². The maximum atomic E-state index is 12.5. The van der Waals surface area contributed by atoms with Crippen LogP contribution in [-0.2, 0) is 9.59 Å². The lowest BCUT2D eigenvalue weighted by molar-refractivity contribution is -0.120. The zero-order valence-corrected chi connectivity index (χ0v) is 18.6. The summed E-state index contributed by atoms with van der Waals surface area (Å²) in [6.45, 7) is 1.87. The average Bonchev–Trinajstić information content (AvgIpc) is 2.72. The summed E-state index contributed by atoms with van der Waals surface area (Å²) in [7, 11) is 1.55. The topological polar surface area (TPSA) is 124 Å². The van der Waals surface area contributed by atoms with Gasteiger partial charge in [-0.2, -0.15) is 5.26 Å². The second kappa shape index (κ2) is 11.1. The number of rotatable bonds is 9. The van der Waals surface area contributed by atoms with E-state index in [4.69, 9.17) is 19.9 Å². The zero-order chi connectivity index (χ0) is 22.1. The molecule has 8 nitrogen and oxygen atoms in total. The van der Waals surface area contributed by atoms with Crippen LogP contribution in [0.4, 0.5) is 5.69 Å². The second-order valence-corrected chi connectivity index (χ2v) is 7.03. The molecule has 0 aliphatic rings. The van der Waals surface area contributed by atoms with E-state index in [0.29, 0.717) is 38.7 Å². The van der Waals surface area contributed by atoms with Crippen molar-refractivity contribution in [3.05, 3.63) is 51.1 Å². The number of ether oxygens (including phenoxy) is 3. The molecule has 0 unspecified atom stereocenters. The number of primary amides is 1. The molecule has 0 saturated heterocycles. The van der Waals surface area contributed by atoms with Crippen LogP contribution in [0.25, 0.3) is 6.08 Å². The lowest BCUT2D eigenvalue weighted by atomic mass is 10.1. The lowest BCUT2D eigenvalue weighted by Gasteiger charge is -2.14. The van der Waals surface area contributed by atoms with E-state index in [1.54, 1.807) is 50.4 Å². The molecule has 2 aromatic rings. The molecule has 0 fully saturated rings. The summed E-state index contributed by atoms with van der Waals surface area (Å²) in [6, 6.07) is 12.0. The maximum absolute atomic E-state index is 12.5. The van der Waals surface area contributed by atoms with Crippen LogP contribution in [0.3, 0.4) is 0 Å². The van der Waals surface area contributed by atoms with Crippen molar-refractivity contribution < 1.29 is 23.8 Å². The minimum absolute atomic E-state index is 0.0881. The number of anilines is 1. The van der Waals surface area contributed by atoms with E-state index < -0.39 is 11.8 Å². The number of halogens is 1. The van der Waals surface area contributed by atoms with E-state index in [9.17, 15) is 14.9 Å². The Hall–Kier alpha value is -3.26. The molecule has 0 heterocycles. The van der Waals surface area contributed by atoms with Gasteiger partial charge in [-0.05, 0) is 77.6 Å². The molecule has 156 valence electrons. The van der Waals surface area contributed by atoms with E-state index in [2.05, 4.69) is 5.32 Å². The van der Waals surface area contributed by atoms with Crippen molar-refractivity contribution in [1.82, 2.24) is 0 Å². The zero-order valence-electron chi connectivity index (χ0n) is 16.4. The first-order valence-corrected chi connectivity index (χ1v) is 9.90. The van der Waals surface area contributed by atoms with E-state index in [-0.39, 0.29) is 12.2 Å². The largest absolute Gasteiger partial charge is 0.497 e. The number of nitrogens with zero attached hydrogens (tertiary/aromatic N) is 1. The Labute approximate surface area is 187 Å². The maximum Gasteiger partial charge on any atom is 0.266 e. The fourth-order valence-electron chi connectivity index (χ4n) is 2.41. The van der Waals surface area contributed by atoms with Crippen LogP contribution in [0.5, 0.6) is 17.2 Å². The van der Waals surface area contributed by atoms with Crippen LogP contribution >= 0.6 is 22.6 Å². The van der Waals surface area contributed by atoms with E-state index >= 15 is 0 Å². The summed E-state index contributed by atoms with van der Waals surface area (Å²) in [6.07, 6.45) is 1.45. The first-order chi connectivity index (χ1) is 14.4. The normalized spacial score (nSPS) is 10.7. The quantitative estimate of drug-likeness (QED) is 0.297. The minimum Gasteiger partial charge on any atom is -0.497 e. The minimum atomic E-state index is -0.612. The van der Waals surface area contributed by atoms with Crippen LogP contribution in [0, 0.1) is 14.9 Å². The number of methoxy groups -OCH3 is 1. The Morgan fingerprint density at radius 2 is 1.93 bits per heavy atom. The molecule has 0 saturated carbocycles. The van der Waals surface area contributed by atoms with Crippen LogP contribution in [-0.4, -0.2) is 32.1 Å². The van der Waals surface area contributed by atoms with Crippen molar-refractivity contribution in [1.29, 1.82) is 5.26 Å². The van der Waals surface area contributed by atoms with Gasteiger partial charge in [0.1, 0.15) is 17.4 Å². The standard InChI is InChI=1S/C21H20IN3O5/c1-3-29-18-10-13(9-17(22)20(18)30-12-19(24)26)8-14(11-23)21(27)25-15-4-6-16(28-2)7-5-15/h4-10H,3,12H2,1-2H3,(H2,24,26)(H,25,27)/b14-8+. The Morgan fingerprint density at radius 3 is 2.50 bits per heavy atom. The van der Waals surface area contributed by atoms with Gasteiger partial charge in [0.25, 0.3) is 11.8 Å². The van der Waals surface area contributed by atoms with Crippen molar-refractivity contribution in [2.45, 2.75) is 6.92 Å². The highest BCUT2D eigenvalue weighted by atomic mass is 127. The SMILES string of the molecule is CCOc1cc(/C=C(\C#N)C(=O)Nc2ccc(OC)cc2)cc(I)c1OCC(N)=O. The molecule has 0 aliphatic heterocycles. The van der Waals surface area contributed by atoms with E-state index in [0.717, 1.165) is 0 Å². The molecule has 3 N–H and O–H groups in total. The molecule has 9 heteroatoms. The van der Waals surface area contributed by atoms with Gasteiger partial charge in [-0.1, -0.05) is 0 Å². The average molecular weight is 521 g/mol. The number of nitriles is 1. The van der Waals surface area contributed by atoms with Crippen molar-refractivity contribution in [3.63, 3.8) is 0 Å². The molecule has 2 aromatic carbocycles. The van der Waals surface area contributed by atoms with Gasteiger partial charge in [0.05, 0.1) is 17.3 Å². The van der Waals surface area contributed by atoms with Gasteiger partial charge in [-0.3, -0.25) is 9.59 Å². The van der Waals surface area contributed by atoms with Gasteiger partial charge in [0, 0.05) is 5.69 Å². The van der Waals surface area contributed by atoms with Gasteiger partial charge in [0.15, 0.2) is 18.1 Å². The fourth-order valence-corrected chi connectivity index (χ4v) is 3.19. The highest BCUT2D eigenvalue weighted by Gasteiger charge is 2.15. The Kier molecular flexibility index (Phi) is 8.49. The summed E-state index contributed by atoms with van der Waals surface area (Å²) in [5.41, 5.74) is 6.14. The Balaban J connectivity index is 2.29. The van der Waals surface area contributed by atoms with Crippen molar-refractivity contribution in [2.75, 3.05) is 25.6 Å². The Bertz CT molecular complexity index is 997. The summed E-state index contributed by atoms with van der Waals surface area (Å²) in [5, 5.41) is 12.1. The molecule has 0 spiro atoms. The van der Waals surface area contributed by atoms with Gasteiger partial charge in [-0.15, -0.1) is 0 Å². The highest BCUT2D eigenvalue weighted by molar-refractivity contribution is 14.1. The van der Waals surface area contributed by atoms with E-state index in [1.807, 2.05) is 28.7 Å². The van der Waals surface area contributed by atoms with Gasteiger partial charge in [0.2, 0.25) is 0 Å². The molecule has 0 aromatic heterocycles. The number of amides is 2. The van der Waals surface area contributed by atoms with Crippen LogP contribution < -0.4 is 25.3 Å². The summed E-state index contributed by atoms with van der Waals surface area (Å²) in [5.74, 6) is 0.240. The monoisotopic (exact) mass is 521 g/mol. The highest BCUT2D eigenvalue weighted by Crippen LogP contribution is 2.35. The molecule has 0 aliphatic carbocycles. The van der Waals surface area contributed by atoms with Crippen LogP contribution in [0.2, 0.25) is 0 Å². The van der Waals surface area contributed by atoms with Crippen molar-refractivity contribution >= 4 is 46.2 Å². The van der Waals surface area contributed by atoms with Gasteiger partial charge >= 0.3 is 0 Å². The number of benzene rings is 2. The fraction of sp³-hybridized carbons (Fsp3) is 0.190. The third-order valence-electron chi connectivity index (χ3n) is 3.71. The molecule has 0 atom stereocenters. The number of nitrogens with two attached hydrogens (primary N) is 1. The third kappa shape index (κ3) is 6.38. The molecule has 0 radical (unpaired) electrons. The second-order valence-electron chi connectivity index (χ2n) is 5.87. The van der Waals surface area contributed by atoms with E-state index in [1.165, 1.54) is 6.08 Å². The number of hydrogen-bond donors (Lipinski definition) is 2. The smallest absolute Gasteiger partial charge is 0.266 e. The lowest BCUT2D eigenvalue weighted by Crippen LogP contribution is -2.20. The number of carbonyl (C=O) groups excluding carboxylic acids is 2. The Morgan fingerprint density at radius 1 is 1.23 bits per heavy atom. The summed E-state index contributed by atoms with van der Waals surface area (Å²) >= 11 is 2.02. The van der Waals surface area contributed by atoms with Gasteiger partial charge in [-0.25, -0.2) is 0 Å². The van der Waals surface area contributed by atoms with Crippen LogP contribution in [0.1, 0.15) is 12.5 Å². The number of carbonyl (C=O) groups is 2. The van der Waals surface area contributed by atoms with Gasteiger partial charge < -0.3 is 25.3 Å². The summed E-state index contributed by atoms with van der Waals surface area (Å²) in [4.78, 5) is 23.5. The first-order valence-electron chi connectivity index (χ1n) is 8.82. The molecule has 0 bridgehead atoms. The molecule has 2 rings (SSSR count). The predicted octanol–water partition coefficient (Wildman–Crippen LogP) is 3.11. The molecule has 30 heavy (non-hydrogen) atoms. The molecular formula is C21H20IN3O5. The number of nitrogens with one attached hydrogen (secondary N) is 1. The predicted molar refractivity (Wildman–Crippen MR) is 120 cm³/mol. The first kappa shape index (κ1) is 23.0. The summed E-state index contributed by atoms with van der Waals surface area (Å²) < 4.78 is 16.7. The van der Waals surface area contributed by atoms with Crippen molar-refractivity contribution in [3.8, 4) is 23.3 Å².